The second-order valence-corrected chi connectivity index (χ2v) is 8.58. The minimum absolute atomic E-state index is 0.0691. The number of aliphatic imine (C=N–C) groups is 1. The highest BCUT2D eigenvalue weighted by Crippen LogP contribution is 2.47. The number of carbonyl (C=O) groups excluding carboxylic acids is 2. The van der Waals surface area contributed by atoms with Crippen molar-refractivity contribution in [1.29, 1.82) is 0 Å². The number of nitrogens with one attached hydrogen (secondary N) is 2. The molecule has 1 aromatic heterocycles. The van der Waals surface area contributed by atoms with Gasteiger partial charge in [0, 0.05) is 35.3 Å². The fourth-order valence-electron chi connectivity index (χ4n) is 3.44. The van der Waals surface area contributed by atoms with Gasteiger partial charge in [-0.2, -0.15) is 0 Å². The van der Waals surface area contributed by atoms with Crippen LogP contribution in [-0.4, -0.2) is 23.5 Å². The monoisotopic (exact) mass is 510 g/mol. The molecule has 2 amide bonds. The largest absolute Gasteiger partial charge is 0.454 e. The lowest BCUT2D eigenvalue weighted by Gasteiger charge is -2.16. The molecule has 2 N–H and O–H groups in total. The lowest BCUT2D eigenvalue weighted by molar-refractivity contribution is -0.131. The number of halogens is 3. The van der Waals surface area contributed by atoms with Crippen molar-refractivity contribution in [3.63, 3.8) is 0 Å². The summed E-state index contributed by atoms with van der Waals surface area (Å²) in [4.78, 5) is 33.3. The second kappa shape index (κ2) is 10.2. The topological polar surface area (TPSA) is 92.7 Å². The Bertz CT molecular complexity index is 1370. The number of hydrogen-bond donors (Lipinski definition) is 2. The van der Waals surface area contributed by atoms with Gasteiger partial charge in [-0.05, 0) is 68.9 Å². The Morgan fingerprint density at radius 3 is 2.31 bits per heavy atom. The van der Waals surface area contributed by atoms with Crippen LogP contribution in [0.3, 0.4) is 0 Å². The second-order valence-electron chi connectivity index (χ2n) is 8.19. The molecule has 0 unspecified atom stereocenters. The molecule has 36 heavy (non-hydrogen) atoms. The van der Waals surface area contributed by atoms with Crippen LogP contribution in [0.2, 0.25) is 0 Å². The third kappa shape index (κ3) is 5.41. The first kappa shape index (κ1) is 25.0. The summed E-state index contributed by atoms with van der Waals surface area (Å²) in [6.45, 7) is 5.08. The zero-order chi connectivity index (χ0) is 25.9. The number of pyridine rings is 1. The molecule has 3 aromatic rings. The van der Waals surface area contributed by atoms with E-state index in [0.29, 0.717) is 35.5 Å². The molecule has 0 spiro atoms. The average Bonchev–Trinajstić information content (AvgIpc) is 3.67. The molecule has 0 atom stereocenters. The molecule has 184 valence electrons. The normalized spacial score (nSPS) is 14.1. The van der Waals surface area contributed by atoms with Crippen LogP contribution in [0.1, 0.15) is 24.1 Å². The first-order chi connectivity index (χ1) is 17.2. The van der Waals surface area contributed by atoms with Crippen LogP contribution in [0.15, 0.2) is 64.9 Å². The highest BCUT2D eigenvalue weighted by molar-refractivity contribution is 6.31. The maximum Gasteiger partial charge on any atom is 0.240 e. The summed E-state index contributed by atoms with van der Waals surface area (Å²) in [7, 11) is 0. The molecule has 0 radical (unpaired) electrons. The van der Waals surface area contributed by atoms with Crippen molar-refractivity contribution in [3.05, 3.63) is 82.8 Å². The van der Waals surface area contributed by atoms with Gasteiger partial charge < -0.3 is 15.4 Å². The smallest absolute Gasteiger partial charge is 0.240 e. The van der Waals surface area contributed by atoms with E-state index in [-0.39, 0.29) is 16.6 Å². The van der Waals surface area contributed by atoms with Crippen molar-refractivity contribution in [2.24, 2.45) is 10.4 Å². The summed E-state index contributed by atoms with van der Waals surface area (Å²) >= 11 is 5.89. The number of hydrogen-bond acceptors (Lipinski definition) is 5. The first-order valence-corrected chi connectivity index (χ1v) is 11.2. The van der Waals surface area contributed by atoms with Crippen LogP contribution in [0.25, 0.3) is 6.08 Å². The molecule has 4 rings (SSSR count). The van der Waals surface area contributed by atoms with Crippen LogP contribution in [-0.2, 0) is 9.59 Å². The molecule has 1 aliphatic carbocycles. The summed E-state index contributed by atoms with van der Waals surface area (Å²) in [5, 5.41) is 5.37. The van der Waals surface area contributed by atoms with Crippen molar-refractivity contribution in [2.75, 3.05) is 10.6 Å². The predicted molar refractivity (Wildman–Crippen MR) is 134 cm³/mol. The minimum Gasteiger partial charge on any atom is -0.454 e. The van der Waals surface area contributed by atoms with Crippen molar-refractivity contribution in [3.8, 4) is 11.5 Å². The van der Waals surface area contributed by atoms with E-state index in [1.807, 2.05) is 0 Å². The molecular formula is C26H21ClF2N4O3. The standard InChI is InChI=1S/C26H21ClF2N4O3/c1-15-20(14-23(27)30-2)31-12-9-21(15)36-22-8-7-18(13-19(22)29)33-25(35)26(10-11-26)24(34)32-17-5-3-16(28)4-6-17/h3-9,12-14H,2,10-11H2,1H3,(H,32,34)(H,33,35)/b23-14-. The number of benzene rings is 2. The molecule has 1 fully saturated rings. The van der Waals surface area contributed by atoms with Gasteiger partial charge in [0.25, 0.3) is 0 Å². The first-order valence-electron chi connectivity index (χ1n) is 10.9. The van der Waals surface area contributed by atoms with Crippen molar-refractivity contribution in [2.45, 2.75) is 19.8 Å². The summed E-state index contributed by atoms with van der Waals surface area (Å²) in [5.41, 5.74) is 0.382. The van der Waals surface area contributed by atoms with E-state index in [1.165, 1.54) is 48.7 Å². The van der Waals surface area contributed by atoms with E-state index >= 15 is 0 Å². The van der Waals surface area contributed by atoms with Gasteiger partial charge in [0.05, 0.1) is 5.69 Å². The van der Waals surface area contributed by atoms with Gasteiger partial charge in [-0.1, -0.05) is 11.6 Å². The van der Waals surface area contributed by atoms with E-state index in [1.54, 1.807) is 13.0 Å². The van der Waals surface area contributed by atoms with Crippen LogP contribution in [0.4, 0.5) is 20.2 Å². The predicted octanol–water partition coefficient (Wildman–Crippen LogP) is 6.06. The lowest BCUT2D eigenvalue weighted by Crippen LogP contribution is -2.35. The molecule has 1 aliphatic rings. The number of carbonyl (C=O) groups is 2. The van der Waals surface area contributed by atoms with Gasteiger partial charge >= 0.3 is 0 Å². The van der Waals surface area contributed by atoms with Gasteiger partial charge in [0.2, 0.25) is 11.8 Å². The summed E-state index contributed by atoms with van der Waals surface area (Å²) in [6.07, 6.45) is 3.68. The Morgan fingerprint density at radius 2 is 1.69 bits per heavy atom. The molecule has 7 nitrogen and oxygen atoms in total. The molecule has 0 saturated heterocycles. The number of ether oxygens (including phenoxy) is 1. The molecule has 2 aromatic carbocycles. The maximum atomic E-state index is 14.8. The zero-order valence-corrected chi connectivity index (χ0v) is 19.9. The fourth-order valence-corrected chi connectivity index (χ4v) is 3.55. The average molecular weight is 511 g/mol. The Morgan fingerprint density at radius 1 is 1.06 bits per heavy atom. The van der Waals surface area contributed by atoms with Gasteiger partial charge in [-0.25, -0.2) is 8.78 Å². The highest BCUT2D eigenvalue weighted by atomic mass is 35.5. The van der Waals surface area contributed by atoms with Crippen molar-refractivity contribution in [1.82, 2.24) is 4.98 Å². The SMILES string of the molecule is C=N/C(Cl)=C\c1nccc(Oc2ccc(NC(=O)C3(C(=O)Nc4ccc(F)cc4)CC3)cc2F)c1C. The quantitative estimate of drug-likeness (QED) is 0.219. The zero-order valence-electron chi connectivity index (χ0n) is 19.1. The lowest BCUT2D eigenvalue weighted by atomic mass is 10.0. The van der Waals surface area contributed by atoms with Gasteiger partial charge in [0.15, 0.2) is 11.6 Å². The van der Waals surface area contributed by atoms with Crippen LogP contribution >= 0.6 is 11.6 Å². The van der Waals surface area contributed by atoms with Crippen molar-refractivity contribution < 1.29 is 23.1 Å². The number of nitrogens with zero attached hydrogens (tertiary/aromatic N) is 2. The van der Waals surface area contributed by atoms with E-state index in [2.05, 4.69) is 27.3 Å². The Labute approximate surface area is 210 Å². The molecule has 1 saturated carbocycles. The maximum absolute atomic E-state index is 14.8. The third-order valence-corrected chi connectivity index (χ3v) is 5.96. The number of amides is 2. The molecule has 1 heterocycles. The summed E-state index contributed by atoms with van der Waals surface area (Å²) in [6, 6.07) is 10.8. The Hall–Kier alpha value is -4.11. The summed E-state index contributed by atoms with van der Waals surface area (Å²) < 4.78 is 33.6. The molecular weight excluding hydrogens is 490 g/mol. The third-order valence-electron chi connectivity index (χ3n) is 5.73. The van der Waals surface area contributed by atoms with E-state index < -0.39 is 28.9 Å². The fraction of sp³-hybridized carbons (Fsp3) is 0.154. The molecule has 10 heteroatoms. The number of anilines is 2. The number of aromatic nitrogens is 1. The highest BCUT2D eigenvalue weighted by Gasteiger charge is 2.56. The van der Waals surface area contributed by atoms with Gasteiger partial charge in [-0.3, -0.25) is 19.6 Å². The van der Waals surface area contributed by atoms with E-state index in [0.717, 1.165) is 6.07 Å². The minimum atomic E-state index is -1.26. The Kier molecular flexibility index (Phi) is 7.12. The Balaban J connectivity index is 1.45. The van der Waals surface area contributed by atoms with Crippen LogP contribution in [0.5, 0.6) is 11.5 Å². The molecule has 0 bridgehead atoms. The van der Waals surface area contributed by atoms with Gasteiger partial charge in [-0.15, -0.1) is 0 Å². The van der Waals surface area contributed by atoms with Crippen LogP contribution in [0, 0.1) is 24.0 Å². The van der Waals surface area contributed by atoms with Gasteiger partial charge in [0.1, 0.15) is 22.1 Å². The van der Waals surface area contributed by atoms with E-state index in [4.69, 9.17) is 16.3 Å². The molecule has 0 aliphatic heterocycles. The number of rotatable bonds is 8. The van der Waals surface area contributed by atoms with Crippen molar-refractivity contribution >= 4 is 47.6 Å². The van der Waals surface area contributed by atoms with E-state index in [9.17, 15) is 18.4 Å². The summed E-state index contributed by atoms with van der Waals surface area (Å²) in [5.74, 6) is -1.92. The van der Waals surface area contributed by atoms with Crippen LogP contribution < -0.4 is 15.4 Å².